The summed E-state index contributed by atoms with van der Waals surface area (Å²) in [5, 5.41) is 11.3. The number of aliphatic carboxylic acids is 1. The summed E-state index contributed by atoms with van der Waals surface area (Å²) in [4.78, 5) is 23.0. The molecule has 0 radical (unpaired) electrons. The molecule has 110 valence electrons. The number of benzene rings is 1. The summed E-state index contributed by atoms with van der Waals surface area (Å²) < 4.78 is 26.7. The number of aryl methyl sites for hydroxylation is 1. The minimum atomic E-state index is -1.19. The van der Waals surface area contributed by atoms with Crippen LogP contribution in [0.2, 0.25) is 0 Å². The number of rotatable bonds is 5. The van der Waals surface area contributed by atoms with Crippen molar-refractivity contribution in [1.29, 1.82) is 0 Å². The highest BCUT2D eigenvalue weighted by molar-refractivity contribution is 5.97. The summed E-state index contributed by atoms with van der Waals surface area (Å²) in [6.45, 7) is 4.86. The lowest BCUT2D eigenvalue weighted by Crippen LogP contribution is -2.45. The molecular weight excluding hydrogens is 268 g/mol. The smallest absolute Gasteiger partial charge is 0.326 e. The van der Waals surface area contributed by atoms with Crippen LogP contribution in [0.25, 0.3) is 0 Å². The zero-order valence-electron chi connectivity index (χ0n) is 11.5. The topological polar surface area (TPSA) is 66.4 Å². The third kappa shape index (κ3) is 3.53. The Morgan fingerprint density at radius 3 is 2.40 bits per heavy atom. The van der Waals surface area contributed by atoms with Crippen molar-refractivity contribution in [3.05, 3.63) is 34.9 Å². The van der Waals surface area contributed by atoms with Gasteiger partial charge in [-0.3, -0.25) is 4.79 Å². The summed E-state index contributed by atoms with van der Waals surface area (Å²) in [7, 11) is 0. The van der Waals surface area contributed by atoms with Crippen molar-refractivity contribution in [3.8, 4) is 0 Å². The molecule has 0 fully saturated rings. The van der Waals surface area contributed by atoms with Gasteiger partial charge in [0.2, 0.25) is 0 Å². The quantitative estimate of drug-likeness (QED) is 0.873. The molecule has 0 heterocycles. The second-order valence-corrected chi connectivity index (χ2v) is 4.76. The van der Waals surface area contributed by atoms with Gasteiger partial charge in [-0.25, -0.2) is 13.6 Å². The molecule has 2 N–H and O–H groups in total. The van der Waals surface area contributed by atoms with E-state index in [2.05, 4.69) is 5.32 Å². The van der Waals surface area contributed by atoms with E-state index in [1.54, 1.807) is 13.8 Å². The average molecular weight is 285 g/mol. The van der Waals surface area contributed by atoms with Crippen LogP contribution >= 0.6 is 0 Å². The van der Waals surface area contributed by atoms with Crippen LogP contribution in [0.5, 0.6) is 0 Å². The first-order valence-electron chi connectivity index (χ1n) is 6.27. The lowest BCUT2D eigenvalue weighted by molar-refractivity contribution is -0.140. The minimum Gasteiger partial charge on any atom is -0.480 e. The maximum atomic E-state index is 13.6. The van der Waals surface area contributed by atoms with Crippen molar-refractivity contribution in [1.82, 2.24) is 5.32 Å². The fourth-order valence-corrected chi connectivity index (χ4v) is 1.73. The number of amides is 1. The average Bonchev–Trinajstić information content (AvgIpc) is 2.38. The Labute approximate surface area is 115 Å². The largest absolute Gasteiger partial charge is 0.480 e. The molecule has 2 atom stereocenters. The van der Waals surface area contributed by atoms with Crippen LogP contribution in [0.4, 0.5) is 8.78 Å². The van der Waals surface area contributed by atoms with Crippen molar-refractivity contribution < 1.29 is 23.5 Å². The van der Waals surface area contributed by atoms with Gasteiger partial charge in [0.1, 0.15) is 17.7 Å². The van der Waals surface area contributed by atoms with E-state index < -0.39 is 29.6 Å². The Balaban J connectivity index is 3.01. The normalized spacial score (nSPS) is 13.7. The predicted octanol–water partition coefficient (Wildman–Crippen LogP) is 2.50. The van der Waals surface area contributed by atoms with Crippen LogP contribution in [0, 0.1) is 24.5 Å². The van der Waals surface area contributed by atoms with Gasteiger partial charge in [-0.2, -0.15) is 0 Å². The van der Waals surface area contributed by atoms with Gasteiger partial charge in [0, 0.05) is 6.07 Å². The number of carboxylic acids is 1. The maximum absolute atomic E-state index is 13.6. The molecule has 0 spiro atoms. The van der Waals surface area contributed by atoms with Gasteiger partial charge in [-0.05, 0) is 24.5 Å². The molecule has 6 heteroatoms. The van der Waals surface area contributed by atoms with Gasteiger partial charge in [0.25, 0.3) is 5.91 Å². The molecule has 1 amide bonds. The highest BCUT2D eigenvalue weighted by atomic mass is 19.1. The van der Waals surface area contributed by atoms with Gasteiger partial charge >= 0.3 is 5.97 Å². The lowest BCUT2D eigenvalue weighted by atomic mass is 9.98. The number of hydrogen-bond acceptors (Lipinski definition) is 2. The van der Waals surface area contributed by atoms with Gasteiger partial charge < -0.3 is 10.4 Å². The fourth-order valence-electron chi connectivity index (χ4n) is 1.73. The molecule has 20 heavy (non-hydrogen) atoms. The molecule has 1 aromatic rings. The number of carboxylic acid groups (broad SMARTS) is 1. The van der Waals surface area contributed by atoms with E-state index in [4.69, 9.17) is 5.11 Å². The zero-order valence-corrected chi connectivity index (χ0v) is 11.5. The first-order valence-corrected chi connectivity index (χ1v) is 6.27. The predicted molar refractivity (Wildman–Crippen MR) is 69.4 cm³/mol. The van der Waals surface area contributed by atoms with Crippen LogP contribution in [-0.4, -0.2) is 23.0 Å². The molecule has 0 aliphatic carbocycles. The van der Waals surface area contributed by atoms with Crippen LogP contribution in [0.15, 0.2) is 12.1 Å². The second-order valence-electron chi connectivity index (χ2n) is 4.76. The Kier molecular flexibility index (Phi) is 5.19. The minimum absolute atomic E-state index is 0.118. The Morgan fingerprint density at radius 1 is 1.30 bits per heavy atom. The molecule has 0 aliphatic rings. The zero-order chi connectivity index (χ0) is 15.4. The summed E-state index contributed by atoms with van der Waals surface area (Å²) in [5.74, 6) is -4.12. The molecule has 1 aromatic carbocycles. The monoisotopic (exact) mass is 285 g/mol. The van der Waals surface area contributed by atoms with Gasteiger partial charge in [0.15, 0.2) is 0 Å². The Hall–Kier alpha value is -1.98. The van der Waals surface area contributed by atoms with Gasteiger partial charge in [0.05, 0.1) is 5.56 Å². The maximum Gasteiger partial charge on any atom is 0.326 e. The standard InChI is InChI=1S/C14H17F2NO3/c1-4-7(2)12(14(19)20)17-13(18)9-5-8(3)10(15)6-11(9)16/h5-7,12H,4H2,1-3H3,(H,17,18)(H,19,20)/t7?,12-/m0/s1. The van der Waals surface area contributed by atoms with E-state index in [0.717, 1.165) is 6.07 Å². The molecule has 0 saturated carbocycles. The third-order valence-electron chi connectivity index (χ3n) is 3.26. The first kappa shape index (κ1) is 16.1. The number of nitrogens with one attached hydrogen (secondary N) is 1. The molecule has 0 aliphatic heterocycles. The molecule has 0 aromatic heterocycles. The highest BCUT2D eigenvalue weighted by Gasteiger charge is 2.27. The number of halogens is 2. The molecule has 4 nitrogen and oxygen atoms in total. The summed E-state index contributed by atoms with van der Waals surface area (Å²) >= 11 is 0. The first-order chi connectivity index (χ1) is 9.27. The SMILES string of the molecule is CCC(C)[C@H](NC(=O)c1cc(C)c(F)cc1F)C(=O)O. The van der Waals surface area contributed by atoms with E-state index in [1.807, 2.05) is 0 Å². The van der Waals surface area contributed by atoms with Crippen LogP contribution in [0.1, 0.15) is 36.2 Å². The summed E-state index contributed by atoms with van der Waals surface area (Å²) in [6, 6.07) is 0.566. The van der Waals surface area contributed by atoms with Gasteiger partial charge in [-0.15, -0.1) is 0 Å². The molecule has 1 rings (SSSR count). The number of carbonyl (C=O) groups excluding carboxylic acids is 1. The Bertz CT molecular complexity index is 531. The summed E-state index contributed by atoms with van der Waals surface area (Å²) in [5.41, 5.74) is -0.245. The van der Waals surface area contributed by atoms with E-state index in [1.165, 1.54) is 6.92 Å². The van der Waals surface area contributed by atoms with Crippen molar-refractivity contribution in [2.24, 2.45) is 5.92 Å². The van der Waals surface area contributed by atoms with Crippen molar-refractivity contribution in [3.63, 3.8) is 0 Å². The van der Waals surface area contributed by atoms with E-state index >= 15 is 0 Å². The highest BCUT2D eigenvalue weighted by Crippen LogP contribution is 2.15. The van der Waals surface area contributed by atoms with Crippen LogP contribution in [-0.2, 0) is 4.79 Å². The number of hydrogen-bond donors (Lipinski definition) is 2. The molecule has 0 saturated heterocycles. The van der Waals surface area contributed by atoms with Crippen LogP contribution < -0.4 is 5.32 Å². The number of carbonyl (C=O) groups is 2. The van der Waals surface area contributed by atoms with Crippen molar-refractivity contribution in [2.75, 3.05) is 0 Å². The fraction of sp³-hybridized carbons (Fsp3) is 0.429. The van der Waals surface area contributed by atoms with Gasteiger partial charge in [-0.1, -0.05) is 20.3 Å². The van der Waals surface area contributed by atoms with Crippen molar-refractivity contribution >= 4 is 11.9 Å². The lowest BCUT2D eigenvalue weighted by Gasteiger charge is -2.20. The third-order valence-corrected chi connectivity index (χ3v) is 3.26. The van der Waals surface area contributed by atoms with E-state index in [9.17, 15) is 18.4 Å². The van der Waals surface area contributed by atoms with E-state index in [0.29, 0.717) is 12.5 Å². The Morgan fingerprint density at radius 2 is 1.90 bits per heavy atom. The van der Waals surface area contributed by atoms with Crippen molar-refractivity contribution in [2.45, 2.75) is 33.2 Å². The second kappa shape index (κ2) is 6.45. The van der Waals surface area contributed by atoms with Crippen LogP contribution in [0.3, 0.4) is 0 Å². The van der Waals surface area contributed by atoms with E-state index in [-0.39, 0.29) is 17.0 Å². The summed E-state index contributed by atoms with van der Waals surface area (Å²) in [6.07, 6.45) is 0.544. The molecular formula is C14H17F2NO3. The molecule has 1 unspecified atom stereocenters. The molecule has 0 bridgehead atoms.